The number of benzene rings is 2. The fourth-order valence-electron chi connectivity index (χ4n) is 2.17. The molecule has 1 aliphatic heterocycles. The van der Waals surface area contributed by atoms with Crippen LogP contribution in [0.15, 0.2) is 53.6 Å². The highest BCUT2D eigenvalue weighted by atomic mass is 19.1. The van der Waals surface area contributed by atoms with Crippen LogP contribution in [0.1, 0.15) is 12.5 Å². The van der Waals surface area contributed by atoms with Gasteiger partial charge in [-0.15, -0.1) is 0 Å². The van der Waals surface area contributed by atoms with Gasteiger partial charge in [-0.3, -0.25) is 0 Å². The molecule has 1 heterocycles. The molecule has 1 aliphatic rings. The molecule has 1 N–H and O–H groups in total. The molecule has 2 amide bonds. The van der Waals surface area contributed by atoms with Crippen molar-refractivity contribution in [2.24, 2.45) is 5.10 Å². The maximum atomic E-state index is 12.8. The average Bonchev–Trinajstić information content (AvgIpc) is 2.87. The topological polar surface area (TPSA) is 53.9 Å². The first kappa shape index (κ1) is 15.0. The fraction of sp³-hybridized carbons (Fsp3) is 0.176. The standard InChI is InChI=1S/C17H16FN3O2/c1-12-11-21(17(22)20-12)19-10-13-2-6-15(7-3-13)23-16-8-4-14(18)5-9-16/h2-10,12H,11H2,1H3,(H,20,22). The minimum atomic E-state index is -0.302. The molecular formula is C17H16FN3O2. The maximum absolute atomic E-state index is 12.8. The normalized spacial score (nSPS) is 17.6. The van der Waals surface area contributed by atoms with Crippen molar-refractivity contribution in [3.05, 3.63) is 59.9 Å². The van der Waals surface area contributed by atoms with Gasteiger partial charge >= 0.3 is 6.03 Å². The number of nitrogens with one attached hydrogen (secondary N) is 1. The van der Waals surface area contributed by atoms with Crippen molar-refractivity contribution in [3.8, 4) is 11.5 Å². The number of carbonyl (C=O) groups is 1. The first-order valence-corrected chi connectivity index (χ1v) is 7.26. The lowest BCUT2D eigenvalue weighted by atomic mass is 10.2. The van der Waals surface area contributed by atoms with Gasteiger partial charge in [0.15, 0.2) is 0 Å². The number of carbonyl (C=O) groups excluding carboxylic acids is 1. The van der Waals surface area contributed by atoms with Gasteiger partial charge in [0, 0.05) is 6.04 Å². The summed E-state index contributed by atoms with van der Waals surface area (Å²) in [4.78, 5) is 11.5. The fourth-order valence-corrected chi connectivity index (χ4v) is 2.17. The zero-order chi connectivity index (χ0) is 16.2. The largest absolute Gasteiger partial charge is 0.457 e. The Morgan fingerprint density at radius 1 is 1.17 bits per heavy atom. The van der Waals surface area contributed by atoms with E-state index in [2.05, 4.69) is 10.4 Å². The highest BCUT2D eigenvalue weighted by molar-refractivity contribution is 5.82. The first-order chi connectivity index (χ1) is 11.1. The van der Waals surface area contributed by atoms with E-state index in [1.54, 1.807) is 30.5 Å². The molecule has 23 heavy (non-hydrogen) atoms. The molecule has 1 unspecified atom stereocenters. The number of hydrogen-bond donors (Lipinski definition) is 1. The minimum absolute atomic E-state index is 0.103. The van der Waals surface area contributed by atoms with Gasteiger partial charge < -0.3 is 10.1 Å². The van der Waals surface area contributed by atoms with Crippen LogP contribution in [0, 0.1) is 5.82 Å². The van der Waals surface area contributed by atoms with Crippen LogP contribution in [0.2, 0.25) is 0 Å². The van der Waals surface area contributed by atoms with Crippen molar-refractivity contribution in [1.82, 2.24) is 10.3 Å². The van der Waals surface area contributed by atoms with E-state index in [-0.39, 0.29) is 17.9 Å². The van der Waals surface area contributed by atoms with Crippen LogP contribution in [0.3, 0.4) is 0 Å². The second kappa shape index (κ2) is 6.48. The van der Waals surface area contributed by atoms with E-state index in [1.807, 2.05) is 19.1 Å². The second-order valence-corrected chi connectivity index (χ2v) is 5.30. The highest BCUT2D eigenvalue weighted by Gasteiger charge is 2.24. The predicted molar refractivity (Wildman–Crippen MR) is 85.2 cm³/mol. The van der Waals surface area contributed by atoms with E-state index in [1.165, 1.54) is 17.1 Å². The molecule has 0 bridgehead atoms. The summed E-state index contributed by atoms with van der Waals surface area (Å²) in [6.45, 7) is 2.48. The number of halogens is 1. The molecule has 0 saturated carbocycles. The quantitative estimate of drug-likeness (QED) is 0.880. The summed E-state index contributed by atoms with van der Waals surface area (Å²) in [5, 5.41) is 8.33. The minimum Gasteiger partial charge on any atom is -0.457 e. The second-order valence-electron chi connectivity index (χ2n) is 5.30. The summed E-state index contributed by atoms with van der Waals surface area (Å²) in [7, 11) is 0. The zero-order valence-electron chi connectivity index (χ0n) is 12.6. The molecule has 0 aromatic heterocycles. The van der Waals surface area contributed by atoms with Crippen LogP contribution in [-0.4, -0.2) is 29.8 Å². The van der Waals surface area contributed by atoms with Gasteiger partial charge in [-0.1, -0.05) is 0 Å². The monoisotopic (exact) mass is 313 g/mol. The van der Waals surface area contributed by atoms with Crippen LogP contribution < -0.4 is 10.1 Å². The molecule has 1 saturated heterocycles. The number of urea groups is 1. The van der Waals surface area contributed by atoms with Crippen LogP contribution in [0.5, 0.6) is 11.5 Å². The Morgan fingerprint density at radius 3 is 2.35 bits per heavy atom. The van der Waals surface area contributed by atoms with Crippen LogP contribution in [0.4, 0.5) is 9.18 Å². The van der Waals surface area contributed by atoms with Crippen LogP contribution >= 0.6 is 0 Å². The molecule has 0 aliphatic carbocycles. The molecule has 2 aromatic rings. The smallest absolute Gasteiger partial charge is 0.338 e. The maximum Gasteiger partial charge on any atom is 0.338 e. The van der Waals surface area contributed by atoms with Gasteiger partial charge in [0.2, 0.25) is 0 Å². The molecule has 1 atom stereocenters. The van der Waals surface area contributed by atoms with Crippen molar-refractivity contribution >= 4 is 12.2 Å². The number of ether oxygens (including phenoxy) is 1. The summed E-state index contributed by atoms with van der Waals surface area (Å²) in [5.74, 6) is 0.904. The molecule has 2 aromatic carbocycles. The van der Waals surface area contributed by atoms with Crippen molar-refractivity contribution in [2.75, 3.05) is 6.54 Å². The van der Waals surface area contributed by atoms with Gasteiger partial charge in [0.25, 0.3) is 0 Å². The Hall–Kier alpha value is -2.89. The predicted octanol–water partition coefficient (Wildman–Crippen LogP) is 3.37. The Bertz CT molecular complexity index is 714. The van der Waals surface area contributed by atoms with Gasteiger partial charge in [-0.2, -0.15) is 5.10 Å². The third-order valence-electron chi connectivity index (χ3n) is 3.33. The molecule has 3 rings (SSSR count). The van der Waals surface area contributed by atoms with Crippen LogP contribution in [0.25, 0.3) is 0 Å². The van der Waals surface area contributed by atoms with Crippen molar-refractivity contribution in [1.29, 1.82) is 0 Å². The summed E-state index contributed by atoms with van der Waals surface area (Å²) < 4.78 is 18.5. The number of rotatable bonds is 4. The van der Waals surface area contributed by atoms with Gasteiger partial charge in [-0.25, -0.2) is 14.2 Å². The Kier molecular flexibility index (Phi) is 4.23. The third-order valence-corrected chi connectivity index (χ3v) is 3.33. The number of amides is 2. The number of hydrogen-bond acceptors (Lipinski definition) is 3. The van der Waals surface area contributed by atoms with Gasteiger partial charge in [0.05, 0.1) is 12.8 Å². The lowest BCUT2D eigenvalue weighted by Crippen LogP contribution is -2.24. The number of hydrazone groups is 1. The van der Waals surface area contributed by atoms with Gasteiger partial charge in [-0.05, 0) is 61.0 Å². The van der Waals surface area contributed by atoms with E-state index in [9.17, 15) is 9.18 Å². The first-order valence-electron chi connectivity index (χ1n) is 7.26. The molecule has 1 fully saturated rings. The van der Waals surface area contributed by atoms with Crippen molar-refractivity contribution < 1.29 is 13.9 Å². The summed E-state index contributed by atoms with van der Waals surface area (Å²) in [5.41, 5.74) is 0.851. The van der Waals surface area contributed by atoms with E-state index in [4.69, 9.17) is 4.74 Å². The molecular weight excluding hydrogens is 297 g/mol. The molecule has 6 heteroatoms. The van der Waals surface area contributed by atoms with E-state index in [0.29, 0.717) is 18.0 Å². The molecule has 0 radical (unpaired) electrons. The summed E-state index contributed by atoms with van der Waals surface area (Å²) in [6.07, 6.45) is 1.62. The Balaban J connectivity index is 1.63. The molecule has 5 nitrogen and oxygen atoms in total. The van der Waals surface area contributed by atoms with Crippen molar-refractivity contribution in [3.63, 3.8) is 0 Å². The number of nitrogens with zero attached hydrogens (tertiary/aromatic N) is 2. The van der Waals surface area contributed by atoms with Crippen LogP contribution in [-0.2, 0) is 0 Å². The summed E-state index contributed by atoms with van der Waals surface area (Å²) >= 11 is 0. The molecule has 0 spiro atoms. The Morgan fingerprint density at radius 2 is 1.78 bits per heavy atom. The van der Waals surface area contributed by atoms with Gasteiger partial charge in [0.1, 0.15) is 17.3 Å². The SMILES string of the molecule is CC1CN(N=Cc2ccc(Oc3ccc(F)cc3)cc2)C(=O)N1. The third kappa shape index (κ3) is 3.85. The van der Waals surface area contributed by atoms with E-state index < -0.39 is 0 Å². The lowest BCUT2D eigenvalue weighted by molar-refractivity contribution is 0.219. The highest BCUT2D eigenvalue weighted by Crippen LogP contribution is 2.21. The summed E-state index contributed by atoms with van der Waals surface area (Å²) in [6, 6.07) is 13.0. The molecule has 118 valence electrons. The van der Waals surface area contributed by atoms with Crippen molar-refractivity contribution in [2.45, 2.75) is 13.0 Å². The lowest BCUT2D eigenvalue weighted by Gasteiger charge is -2.07. The zero-order valence-corrected chi connectivity index (χ0v) is 12.6. The van der Waals surface area contributed by atoms with E-state index >= 15 is 0 Å². The Labute approximate surface area is 133 Å². The van der Waals surface area contributed by atoms with E-state index in [0.717, 1.165) is 5.56 Å². The average molecular weight is 313 g/mol.